The second kappa shape index (κ2) is 11.3. The highest BCUT2D eigenvalue weighted by Crippen LogP contribution is 2.41. The molecule has 3 N–H and O–H groups in total. The van der Waals surface area contributed by atoms with Gasteiger partial charge >= 0.3 is 5.97 Å². The molecule has 0 aromatic heterocycles. The highest BCUT2D eigenvalue weighted by molar-refractivity contribution is 7.89. The summed E-state index contributed by atoms with van der Waals surface area (Å²) in [6.07, 6.45) is 3.89. The van der Waals surface area contributed by atoms with Crippen LogP contribution in [-0.4, -0.2) is 73.1 Å². The van der Waals surface area contributed by atoms with E-state index >= 15 is 0 Å². The maximum absolute atomic E-state index is 13.3. The third kappa shape index (κ3) is 6.12. The lowest BCUT2D eigenvalue weighted by Gasteiger charge is -2.34. The first-order chi connectivity index (χ1) is 19.0. The number of hydrogen-bond donors (Lipinski definition) is 3. The number of amides is 1. The number of nitriles is 1. The number of fused-ring (bicyclic) bond motifs is 1. The summed E-state index contributed by atoms with van der Waals surface area (Å²) < 4.78 is 33.5. The fraction of sp³-hybridized carbons (Fsp3) is 0.679. The molecule has 12 heteroatoms. The first kappa shape index (κ1) is 28.8. The molecule has 4 aliphatic rings. The normalized spacial score (nSPS) is 27.4. The third-order valence-electron chi connectivity index (χ3n) is 8.29. The molecule has 11 nitrogen and oxygen atoms in total. The number of anilines is 1. The summed E-state index contributed by atoms with van der Waals surface area (Å²) in [6.45, 7) is 6.60. The SMILES string of the molecule is CC(C)(C)OC(=O)C1CCN(S(=O)(=O)c2ccc(NC3NN([C@@H](CC#N)C4CC4)C4CCNC(=O)C34)cc2)CC1. The van der Waals surface area contributed by atoms with Gasteiger partial charge in [0.05, 0.1) is 29.2 Å². The molecule has 4 fully saturated rings. The van der Waals surface area contributed by atoms with Crippen LogP contribution in [0, 0.1) is 29.1 Å². The van der Waals surface area contributed by atoms with Gasteiger partial charge in [-0.05, 0) is 83.1 Å². The Kier molecular flexibility index (Phi) is 8.12. The van der Waals surface area contributed by atoms with Crippen LogP contribution in [-0.2, 0) is 24.3 Å². The van der Waals surface area contributed by atoms with Crippen LogP contribution >= 0.6 is 0 Å². The van der Waals surface area contributed by atoms with Crippen LogP contribution in [0.5, 0.6) is 0 Å². The minimum Gasteiger partial charge on any atom is -0.460 e. The smallest absolute Gasteiger partial charge is 0.309 e. The number of rotatable bonds is 8. The van der Waals surface area contributed by atoms with Crippen LogP contribution in [0.4, 0.5) is 5.69 Å². The Hall–Kier alpha value is -2.72. The van der Waals surface area contributed by atoms with E-state index < -0.39 is 15.6 Å². The Morgan fingerprint density at radius 2 is 1.82 bits per heavy atom. The van der Waals surface area contributed by atoms with Gasteiger partial charge in [-0.1, -0.05) is 0 Å². The predicted molar refractivity (Wildman–Crippen MR) is 148 cm³/mol. The van der Waals surface area contributed by atoms with Crippen molar-refractivity contribution in [2.24, 2.45) is 17.8 Å². The summed E-state index contributed by atoms with van der Waals surface area (Å²) in [5, 5.41) is 17.9. The zero-order chi connectivity index (χ0) is 28.7. The highest BCUT2D eigenvalue weighted by Gasteiger charge is 2.52. The zero-order valence-corrected chi connectivity index (χ0v) is 24.2. The summed E-state index contributed by atoms with van der Waals surface area (Å²) >= 11 is 0. The average molecular weight is 573 g/mol. The van der Waals surface area contributed by atoms with Crippen molar-refractivity contribution in [2.75, 3.05) is 25.0 Å². The molecule has 3 heterocycles. The molecule has 3 saturated heterocycles. The van der Waals surface area contributed by atoms with Crippen molar-refractivity contribution in [1.82, 2.24) is 20.1 Å². The van der Waals surface area contributed by atoms with Crippen LogP contribution in [0.1, 0.15) is 59.3 Å². The number of hydrazine groups is 1. The zero-order valence-electron chi connectivity index (χ0n) is 23.4. The van der Waals surface area contributed by atoms with E-state index in [1.165, 1.54) is 4.31 Å². The van der Waals surface area contributed by atoms with Gasteiger partial charge in [-0.25, -0.2) is 18.9 Å². The number of piperidine rings is 2. The lowest BCUT2D eigenvalue weighted by molar-refractivity contribution is -0.161. The molecule has 1 aliphatic carbocycles. The molecule has 1 saturated carbocycles. The van der Waals surface area contributed by atoms with E-state index in [0.717, 1.165) is 19.3 Å². The van der Waals surface area contributed by atoms with Gasteiger partial charge in [0, 0.05) is 37.4 Å². The fourth-order valence-corrected chi connectivity index (χ4v) is 7.61. The lowest BCUT2D eigenvalue weighted by Crippen LogP contribution is -2.52. The van der Waals surface area contributed by atoms with Gasteiger partial charge in [-0.3, -0.25) is 9.59 Å². The quantitative estimate of drug-likeness (QED) is 0.399. The van der Waals surface area contributed by atoms with E-state index in [-0.39, 0.29) is 59.9 Å². The molecule has 1 aromatic rings. The van der Waals surface area contributed by atoms with E-state index in [1.54, 1.807) is 24.3 Å². The lowest BCUT2D eigenvalue weighted by atomic mass is 9.90. The molecule has 3 unspecified atom stereocenters. The van der Waals surface area contributed by atoms with Crippen LogP contribution in [0.3, 0.4) is 0 Å². The summed E-state index contributed by atoms with van der Waals surface area (Å²) in [4.78, 5) is 25.5. The number of esters is 1. The Balaban J connectivity index is 1.23. The summed E-state index contributed by atoms with van der Waals surface area (Å²) in [6, 6.07) is 8.96. The third-order valence-corrected chi connectivity index (χ3v) is 10.2. The van der Waals surface area contributed by atoms with Crippen molar-refractivity contribution in [3.05, 3.63) is 24.3 Å². The van der Waals surface area contributed by atoms with Gasteiger partial charge in [-0.2, -0.15) is 9.57 Å². The van der Waals surface area contributed by atoms with Gasteiger partial charge < -0.3 is 15.4 Å². The predicted octanol–water partition coefficient (Wildman–Crippen LogP) is 2.18. The molecule has 218 valence electrons. The van der Waals surface area contributed by atoms with Crippen molar-refractivity contribution in [3.8, 4) is 6.07 Å². The van der Waals surface area contributed by atoms with Crippen molar-refractivity contribution in [2.45, 2.75) is 88.0 Å². The van der Waals surface area contributed by atoms with Crippen LogP contribution in [0.15, 0.2) is 29.2 Å². The monoisotopic (exact) mass is 572 g/mol. The number of sulfonamides is 1. The van der Waals surface area contributed by atoms with E-state index in [9.17, 15) is 23.3 Å². The first-order valence-electron chi connectivity index (χ1n) is 14.3. The molecule has 40 heavy (non-hydrogen) atoms. The van der Waals surface area contributed by atoms with Crippen LogP contribution < -0.4 is 16.1 Å². The maximum atomic E-state index is 13.3. The standard InChI is InChI=1S/C28H40N6O5S/c1-28(2,3)39-27(36)19-12-16-33(17-13-19)40(37,38)21-8-6-20(7-9-21)31-25-24-23(11-15-30-26(24)35)34(32-25)22(10-14-29)18-4-5-18/h6-9,18-19,22-25,31-32H,4-5,10-13,15-17H2,1-3H3,(H,30,35)/t22-,23?,24?,25?/m0/s1. The van der Waals surface area contributed by atoms with Gasteiger partial charge in [0.1, 0.15) is 11.8 Å². The molecule has 5 rings (SSSR count). The van der Waals surface area contributed by atoms with E-state index in [0.29, 0.717) is 37.4 Å². The number of carbonyl (C=O) groups is 2. The Morgan fingerprint density at radius 3 is 2.42 bits per heavy atom. The summed E-state index contributed by atoms with van der Waals surface area (Å²) in [7, 11) is -3.71. The number of benzene rings is 1. The van der Waals surface area contributed by atoms with Crippen molar-refractivity contribution >= 4 is 27.6 Å². The molecule has 0 spiro atoms. The second-order valence-corrected chi connectivity index (χ2v) is 14.3. The summed E-state index contributed by atoms with van der Waals surface area (Å²) in [5.41, 5.74) is 3.61. The second-order valence-electron chi connectivity index (χ2n) is 12.3. The van der Waals surface area contributed by atoms with Gasteiger partial charge in [0.15, 0.2) is 0 Å². The molecule has 1 aromatic carbocycles. The van der Waals surface area contributed by atoms with Gasteiger partial charge in [0.25, 0.3) is 0 Å². The number of nitrogens with one attached hydrogen (secondary N) is 3. The Labute approximate surface area is 236 Å². The maximum Gasteiger partial charge on any atom is 0.309 e. The fourth-order valence-electron chi connectivity index (χ4n) is 6.14. The number of carbonyl (C=O) groups excluding carboxylic acids is 2. The molecule has 1 amide bonds. The van der Waals surface area contributed by atoms with E-state index in [1.807, 2.05) is 20.8 Å². The Morgan fingerprint density at radius 1 is 1.15 bits per heavy atom. The first-order valence-corrected chi connectivity index (χ1v) is 15.7. The minimum absolute atomic E-state index is 0.00606. The van der Waals surface area contributed by atoms with E-state index in [4.69, 9.17) is 4.74 Å². The molecule has 3 aliphatic heterocycles. The topological polar surface area (TPSA) is 144 Å². The van der Waals surface area contributed by atoms with E-state index in [2.05, 4.69) is 27.1 Å². The summed E-state index contributed by atoms with van der Waals surface area (Å²) in [5.74, 6) is -0.462. The largest absolute Gasteiger partial charge is 0.460 e. The highest BCUT2D eigenvalue weighted by atomic mass is 32.2. The van der Waals surface area contributed by atoms with Gasteiger partial charge in [0.2, 0.25) is 15.9 Å². The van der Waals surface area contributed by atoms with Crippen LogP contribution in [0.2, 0.25) is 0 Å². The number of hydrogen-bond acceptors (Lipinski definition) is 9. The molecular formula is C28H40N6O5S. The van der Waals surface area contributed by atoms with Crippen LogP contribution in [0.25, 0.3) is 0 Å². The molecule has 0 bridgehead atoms. The molecule has 0 radical (unpaired) electrons. The number of ether oxygens (including phenoxy) is 1. The van der Waals surface area contributed by atoms with Crippen molar-refractivity contribution in [1.29, 1.82) is 5.26 Å². The molecule has 4 atom stereocenters. The van der Waals surface area contributed by atoms with Crippen molar-refractivity contribution < 1.29 is 22.7 Å². The number of nitrogens with zero attached hydrogens (tertiary/aromatic N) is 3. The average Bonchev–Trinajstić information content (AvgIpc) is 3.69. The minimum atomic E-state index is -3.71. The Bertz CT molecular complexity index is 1250. The van der Waals surface area contributed by atoms with Gasteiger partial charge in [-0.15, -0.1) is 0 Å². The molecular weight excluding hydrogens is 532 g/mol. The van der Waals surface area contributed by atoms with Crippen molar-refractivity contribution in [3.63, 3.8) is 0 Å².